The lowest BCUT2D eigenvalue weighted by Crippen LogP contribution is -1.98. The molecule has 0 aliphatic carbocycles. The van der Waals surface area contributed by atoms with E-state index >= 15 is 0 Å². The molecule has 2 heterocycles. The van der Waals surface area contributed by atoms with Gasteiger partial charge in [0, 0.05) is 38.6 Å². The smallest absolute Gasteiger partial charge is 0.0825 e. The molecule has 88 valence electrons. The average molecular weight is 242 g/mol. The minimum Gasteiger partial charge on any atom is -0.378 e. The third-order valence-electron chi connectivity index (χ3n) is 2.25. The van der Waals surface area contributed by atoms with E-state index in [-0.39, 0.29) is 12.4 Å². The summed E-state index contributed by atoms with van der Waals surface area (Å²) in [5, 5.41) is 11.7. The van der Waals surface area contributed by atoms with E-state index in [2.05, 4.69) is 15.5 Å². The fourth-order valence-corrected chi connectivity index (χ4v) is 1.53. The number of rotatable bonds is 3. The van der Waals surface area contributed by atoms with Crippen LogP contribution in [0.5, 0.6) is 0 Å². The molecule has 0 spiro atoms. The first kappa shape index (κ1) is 12.6. The van der Waals surface area contributed by atoms with Gasteiger partial charge in [-0.25, -0.2) is 0 Å². The van der Waals surface area contributed by atoms with Gasteiger partial charge in [0.1, 0.15) is 0 Å². The van der Waals surface area contributed by atoms with E-state index in [0.717, 1.165) is 17.9 Å². The summed E-state index contributed by atoms with van der Waals surface area (Å²) in [7, 11) is 3.83. The summed E-state index contributed by atoms with van der Waals surface area (Å²) in [5.41, 5.74) is 3.25. The quantitative estimate of drug-likeness (QED) is 0.886. The monoisotopic (exact) mass is 241 g/mol. The molecule has 0 atom stereocenters. The molecule has 0 saturated heterocycles. The number of nitrogens with one attached hydrogen (secondary N) is 1. The van der Waals surface area contributed by atoms with Gasteiger partial charge >= 0.3 is 0 Å². The third kappa shape index (κ3) is 2.76. The van der Waals surface area contributed by atoms with Gasteiger partial charge in [-0.05, 0) is 6.92 Å². The van der Waals surface area contributed by atoms with Crippen LogP contribution in [0.4, 0.5) is 5.69 Å². The van der Waals surface area contributed by atoms with Gasteiger partial charge in [0.2, 0.25) is 0 Å². The van der Waals surface area contributed by atoms with Crippen LogP contribution in [0.15, 0.2) is 18.6 Å². The predicted octanol–water partition coefficient (Wildman–Crippen LogP) is 1.50. The number of nitrogens with zero attached hydrogens (tertiary/aromatic N) is 4. The first-order valence-corrected chi connectivity index (χ1v) is 4.87. The number of aromatic nitrogens is 4. The van der Waals surface area contributed by atoms with Gasteiger partial charge in [0.05, 0.1) is 17.6 Å². The molecule has 1 N–H and O–H groups in total. The highest BCUT2D eigenvalue weighted by Gasteiger charge is 2.02. The van der Waals surface area contributed by atoms with Gasteiger partial charge in [0.15, 0.2) is 0 Å². The van der Waals surface area contributed by atoms with Crippen molar-refractivity contribution in [2.75, 3.05) is 5.32 Å². The Bertz CT molecular complexity index is 459. The molecule has 2 aromatic heterocycles. The molecular weight excluding hydrogens is 226 g/mol. The summed E-state index contributed by atoms with van der Waals surface area (Å²) >= 11 is 0. The van der Waals surface area contributed by atoms with Gasteiger partial charge in [-0.2, -0.15) is 10.2 Å². The molecule has 16 heavy (non-hydrogen) atoms. The van der Waals surface area contributed by atoms with E-state index in [1.165, 1.54) is 5.56 Å². The normalized spacial score (nSPS) is 9.94. The highest BCUT2D eigenvalue weighted by molar-refractivity contribution is 5.85. The van der Waals surface area contributed by atoms with Crippen LogP contribution in [0.2, 0.25) is 0 Å². The number of hydrogen-bond acceptors (Lipinski definition) is 3. The third-order valence-corrected chi connectivity index (χ3v) is 2.25. The molecule has 0 saturated carbocycles. The van der Waals surface area contributed by atoms with Crippen LogP contribution in [0.1, 0.15) is 11.3 Å². The van der Waals surface area contributed by atoms with Crippen molar-refractivity contribution in [2.45, 2.75) is 13.5 Å². The topological polar surface area (TPSA) is 47.7 Å². The maximum atomic E-state index is 4.26. The van der Waals surface area contributed by atoms with E-state index in [9.17, 15) is 0 Å². The fourth-order valence-electron chi connectivity index (χ4n) is 1.53. The Balaban J connectivity index is 0.00000128. The number of hydrogen-bond donors (Lipinski definition) is 1. The van der Waals surface area contributed by atoms with Crippen LogP contribution < -0.4 is 5.32 Å². The van der Waals surface area contributed by atoms with Crippen molar-refractivity contribution in [1.82, 2.24) is 19.6 Å². The summed E-state index contributed by atoms with van der Waals surface area (Å²) < 4.78 is 3.61. The van der Waals surface area contributed by atoms with Gasteiger partial charge in [-0.3, -0.25) is 9.36 Å². The molecule has 0 aromatic carbocycles. The highest BCUT2D eigenvalue weighted by atomic mass is 35.5. The van der Waals surface area contributed by atoms with Gasteiger partial charge in [0.25, 0.3) is 0 Å². The second-order valence-corrected chi connectivity index (χ2v) is 3.68. The van der Waals surface area contributed by atoms with Crippen molar-refractivity contribution in [2.24, 2.45) is 14.1 Å². The van der Waals surface area contributed by atoms with Gasteiger partial charge < -0.3 is 5.32 Å². The number of aryl methyl sites for hydroxylation is 3. The standard InChI is InChI=1S/C10H15N5.ClH/c1-8-10(7-15(3)13-8)11-4-9-5-12-14(2)6-9;/h5-7,11H,4H2,1-3H3;1H. The zero-order chi connectivity index (χ0) is 10.8. The predicted molar refractivity (Wildman–Crippen MR) is 65.7 cm³/mol. The molecule has 6 heteroatoms. The summed E-state index contributed by atoms with van der Waals surface area (Å²) in [5.74, 6) is 0. The molecule has 2 aromatic rings. The van der Waals surface area contributed by atoms with Crippen LogP contribution in [0.25, 0.3) is 0 Å². The molecule has 0 unspecified atom stereocenters. The molecule has 5 nitrogen and oxygen atoms in total. The van der Waals surface area contributed by atoms with Crippen LogP contribution in [0, 0.1) is 6.92 Å². The largest absolute Gasteiger partial charge is 0.378 e. The summed E-state index contributed by atoms with van der Waals surface area (Å²) in [6, 6.07) is 0. The Morgan fingerprint density at radius 2 is 2.00 bits per heavy atom. The Labute approximate surface area is 101 Å². The van der Waals surface area contributed by atoms with Gasteiger partial charge in [-0.1, -0.05) is 0 Å². The number of anilines is 1. The molecule has 2 rings (SSSR count). The van der Waals surface area contributed by atoms with Crippen molar-refractivity contribution in [3.8, 4) is 0 Å². The molecule has 0 radical (unpaired) electrons. The number of halogens is 1. The van der Waals surface area contributed by atoms with E-state index < -0.39 is 0 Å². The van der Waals surface area contributed by atoms with Crippen molar-refractivity contribution in [1.29, 1.82) is 0 Å². The van der Waals surface area contributed by atoms with Crippen LogP contribution in [-0.4, -0.2) is 19.6 Å². The first-order valence-electron chi connectivity index (χ1n) is 4.87. The highest BCUT2D eigenvalue weighted by Crippen LogP contribution is 2.12. The molecule has 0 amide bonds. The Hall–Kier alpha value is -1.49. The molecule has 0 aliphatic heterocycles. The van der Waals surface area contributed by atoms with Crippen molar-refractivity contribution in [3.05, 3.63) is 29.8 Å². The zero-order valence-electron chi connectivity index (χ0n) is 9.64. The summed E-state index contributed by atoms with van der Waals surface area (Å²) in [6.45, 7) is 2.77. The van der Waals surface area contributed by atoms with Crippen LogP contribution >= 0.6 is 12.4 Å². The lowest BCUT2D eigenvalue weighted by Gasteiger charge is -2.01. The maximum Gasteiger partial charge on any atom is 0.0825 e. The lowest BCUT2D eigenvalue weighted by atomic mass is 10.3. The fraction of sp³-hybridized carbons (Fsp3) is 0.400. The molecule has 0 aliphatic rings. The Morgan fingerprint density at radius 1 is 1.25 bits per heavy atom. The SMILES string of the molecule is Cc1nn(C)cc1NCc1cnn(C)c1.Cl. The first-order chi connectivity index (χ1) is 7.15. The average Bonchev–Trinajstić information content (AvgIpc) is 2.70. The van der Waals surface area contributed by atoms with Crippen molar-refractivity contribution >= 4 is 18.1 Å². The zero-order valence-corrected chi connectivity index (χ0v) is 10.5. The van der Waals surface area contributed by atoms with E-state index in [0.29, 0.717) is 0 Å². The minimum absolute atomic E-state index is 0. The Kier molecular flexibility index (Phi) is 3.95. The second kappa shape index (κ2) is 5.03. The molecular formula is C10H16ClN5. The van der Waals surface area contributed by atoms with Crippen LogP contribution in [-0.2, 0) is 20.6 Å². The van der Waals surface area contributed by atoms with E-state index in [1.54, 1.807) is 9.36 Å². The van der Waals surface area contributed by atoms with Crippen molar-refractivity contribution < 1.29 is 0 Å². The van der Waals surface area contributed by atoms with E-state index in [4.69, 9.17) is 0 Å². The lowest BCUT2D eigenvalue weighted by molar-refractivity contribution is 0.756. The molecule has 0 fully saturated rings. The molecule has 0 bridgehead atoms. The second-order valence-electron chi connectivity index (χ2n) is 3.68. The van der Waals surface area contributed by atoms with Crippen LogP contribution in [0.3, 0.4) is 0 Å². The summed E-state index contributed by atoms with van der Waals surface area (Å²) in [4.78, 5) is 0. The summed E-state index contributed by atoms with van der Waals surface area (Å²) in [6.07, 6.45) is 5.84. The Morgan fingerprint density at radius 3 is 2.50 bits per heavy atom. The minimum atomic E-state index is 0. The van der Waals surface area contributed by atoms with Crippen molar-refractivity contribution in [3.63, 3.8) is 0 Å². The maximum absolute atomic E-state index is 4.26. The van der Waals surface area contributed by atoms with Gasteiger partial charge in [-0.15, -0.1) is 12.4 Å². The van der Waals surface area contributed by atoms with E-state index in [1.807, 2.05) is 39.6 Å².